The molecule has 0 atom stereocenters. The maximum Gasteiger partial charge on any atom is 0.228 e. The fourth-order valence-corrected chi connectivity index (χ4v) is 2.08. The number of hydrogen-bond donors (Lipinski definition) is 2. The molecule has 0 unspecified atom stereocenters. The molecule has 110 valence electrons. The molecule has 1 amide bonds. The lowest BCUT2D eigenvalue weighted by atomic mass is 10.1. The normalized spacial score (nSPS) is 10.4. The van der Waals surface area contributed by atoms with Gasteiger partial charge in [-0.1, -0.05) is 29.8 Å². The number of aryl methyl sites for hydroxylation is 1. The van der Waals surface area contributed by atoms with Crippen molar-refractivity contribution in [2.45, 2.75) is 13.3 Å². The van der Waals surface area contributed by atoms with E-state index in [1.807, 2.05) is 55.5 Å². The van der Waals surface area contributed by atoms with Gasteiger partial charge in [0.15, 0.2) is 0 Å². The summed E-state index contributed by atoms with van der Waals surface area (Å²) in [7, 11) is 0. The van der Waals surface area contributed by atoms with Crippen LogP contribution < -0.4 is 5.32 Å². The summed E-state index contributed by atoms with van der Waals surface area (Å²) in [5.74, 6) is 0.480. The van der Waals surface area contributed by atoms with Gasteiger partial charge in [0.05, 0.1) is 6.42 Å². The molecule has 6 nitrogen and oxygen atoms in total. The molecule has 0 aliphatic rings. The third-order valence-corrected chi connectivity index (χ3v) is 3.26. The van der Waals surface area contributed by atoms with Crippen molar-refractivity contribution < 1.29 is 4.79 Å². The van der Waals surface area contributed by atoms with Crippen molar-refractivity contribution in [3.05, 3.63) is 59.7 Å². The van der Waals surface area contributed by atoms with E-state index in [2.05, 4.69) is 25.9 Å². The van der Waals surface area contributed by atoms with Crippen molar-refractivity contribution >= 4 is 11.6 Å². The molecule has 2 aromatic carbocycles. The number of amides is 1. The van der Waals surface area contributed by atoms with Gasteiger partial charge in [-0.3, -0.25) is 4.79 Å². The van der Waals surface area contributed by atoms with E-state index in [4.69, 9.17) is 0 Å². The van der Waals surface area contributed by atoms with Crippen LogP contribution in [0.4, 0.5) is 5.69 Å². The number of H-pyrrole nitrogens is 1. The second-order valence-electron chi connectivity index (χ2n) is 5.02. The second kappa shape index (κ2) is 6.17. The first kappa shape index (κ1) is 13.9. The van der Waals surface area contributed by atoms with Crippen molar-refractivity contribution in [3.8, 4) is 11.4 Å². The van der Waals surface area contributed by atoms with Gasteiger partial charge in [0.2, 0.25) is 11.7 Å². The third-order valence-electron chi connectivity index (χ3n) is 3.26. The standard InChI is InChI=1S/C16H15N5O/c1-11-2-4-12(5-3-11)10-15(22)17-14-8-6-13(7-9-14)16-18-20-21-19-16/h2-9H,10H2,1H3,(H,17,22)(H,18,19,20,21). The third kappa shape index (κ3) is 3.35. The molecule has 0 bridgehead atoms. The maximum atomic E-state index is 12.0. The molecule has 6 heteroatoms. The van der Waals surface area contributed by atoms with Gasteiger partial charge >= 0.3 is 0 Å². The average molecular weight is 293 g/mol. The first-order chi connectivity index (χ1) is 10.7. The molecule has 0 saturated carbocycles. The molecule has 3 aromatic rings. The van der Waals surface area contributed by atoms with E-state index < -0.39 is 0 Å². The van der Waals surface area contributed by atoms with Gasteiger partial charge in [-0.25, -0.2) is 0 Å². The van der Waals surface area contributed by atoms with Crippen LogP contribution in [0.15, 0.2) is 48.5 Å². The van der Waals surface area contributed by atoms with E-state index >= 15 is 0 Å². The van der Waals surface area contributed by atoms with Crippen molar-refractivity contribution in [1.29, 1.82) is 0 Å². The van der Waals surface area contributed by atoms with Crippen LogP contribution in [-0.4, -0.2) is 26.5 Å². The molecule has 1 heterocycles. The Morgan fingerprint density at radius 2 is 1.82 bits per heavy atom. The molecule has 0 radical (unpaired) electrons. The Morgan fingerprint density at radius 3 is 2.45 bits per heavy atom. The van der Waals surface area contributed by atoms with Crippen molar-refractivity contribution in [2.75, 3.05) is 5.32 Å². The number of carbonyl (C=O) groups is 1. The van der Waals surface area contributed by atoms with E-state index in [1.165, 1.54) is 5.56 Å². The fourth-order valence-electron chi connectivity index (χ4n) is 2.08. The molecule has 0 fully saturated rings. The number of carbonyl (C=O) groups excluding carboxylic acids is 1. The number of rotatable bonds is 4. The van der Waals surface area contributed by atoms with Crippen molar-refractivity contribution in [2.24, 2.45) is 0 Å². The highest BCUT2D eigenvalue weighted by molar-refractivity contribution is 5.92. The van der Waals surface area contributed by atoms with Crippen LogP contribution in [0.3, 0.4) is 0 Å². The topological polar surface area (TPSA) is 83.6 Å². The van der Waals surface area contributed by atoms with Crippen LogP contribution in [0.2, 0.25) is 0 Å². The Balaban J connectivity index is 1.63. The smallest absolute Gasteiger partial charge is 0.228 e. The molecule has 0 spiro atoms. The lowest BCUT2D eigenvalue weighted by Crippen LogP contribution is -2.14. The van der Waals surface area contributed by atoms with Crippen LogP contribution in [0.5, 0.6) is 0 Å². The molecule has 0 aliphatic carbocycles. The molecular weight excluding hydrogens is 278 g/mol. The Kier molecular flexibility index (Phi) is 3.91. The number of aromatic amines is 1. The van der Waals surface area contributed by atoms with E-state index in [9.17, 15) is 4.79 Å². The summed E-state index contributed by atoms with van der Waals surface area (Å²) in [5.41, 5.74) is 3.75. The highest BCUT2D eigenvalue weighted by Crippen LogP contribution is 2.17. The minimum absolute atomic E-state index is 0.0452. The van der Waals surface area contributed by atoms with Gasteiger partial charge in [0.25, 0.3) is 0 Å². The van der Waals surface area contributed by atoms with Crippen LogP contribution in [0, 0.1) is 6.92 Å². The predicted octanol–water partition coefficient (Wildman–Crippen LogP) is 2.36. The first-order valence-corrected chi connectivity index (χ1v) is 6.90. The fraction of sp³-hybridized carbons (Fsp3) is 0.125. The van der Waals surface area contributed by atoms with Gasteiger partial charge < -0.3 is 5.32 Å². The second-order valence-corrected chi connectivity index (χ2v) is 5.02. The van der Waals surface area contributed by atoms with Crippen LogP contribution in [0.25, 0.3) is 11.4 Å². The largest absolute Gasteiger partial charge is 0.326 e. The predicted molar refractivity (Wildman–Crippen MR) is 83.1 cm³/mol. The zero-order chi connectivity index (χ0) is 15.4. The zero-order valence-electron chi connectivity index (χ0n) is 12.1. The summed E-state index contributed by atoms with van der Waals surface area (Å²) in [6.45, 7) is 2.02. The van der Waals surface area contributed by atoms with E-state index in [0.29, 0.717) is 12.2 Å². The monoisotopic (exact) mass is 293 g/mol. The maximum absolute atomic E-state index is 12.0. The van der Waals surface area contributed by atoms with Crippen molar-refractivity contribution in [3.63, 3.8) is 0 Å². The molecule has 3 rings (SSSR count). The Morgan fingerprint density at radius 1 is 1.09 bits per heavy atom. The summed E-state index contributed by atoms with van der Waals surface area (Å²) in [6, 6.07) is 15.3. The number of nitrogens with one attached hydrogen (secondary N) is 2. The van der Waals surface area contributed by atoms with Crippen molar-refractivity contribution in [1.82, 2.24) is 20.6 Å². The number of aromatic nitrogens is 4. The summed E-state index contributed by atoms with van der Waals surface area (Å²) < 4.78 is 0. The molecule has 0 saturated heterocycles. The minimum Gasteiger partial charge on any atom is -0.326 e. The van der Waals surface area contributed by atoms with Gasteiger partial charge in [0.1, 0.15) is 0 Å². The van der Waals surface area contributed by atoms with Crippen LogP contribution in [0.1, 0.15) is 11.1 Å². The van der Waals surface area contributed by atoms with E-state index in [1.54, 1.807) is 0 Å². The number of hydrogen-bond acceptors (Lipinski definition) is 4. The molecule has 1 aromatic heterocycles. The zero-order valence-corrected chi connectivity index (χ0v) is 12.1. The summed E-state index contributed by atoms with van der Waals surface area (Å²) >= 11 is 0. The summed E-state index contributed by atoms with van der Waals surface area (Å²) in [5, 5.41) is 16.6. The number of tetrazole rings is 1. The van der Waals surface area contributed by atoms with E-state index in [-0.39, 0.29) is 5.91 Å². The summed E-state index contributed by atoms with van der Waals surface area (Å²) in [6.07, 6.45) is 0.354. The van der Waals surface area contributed by atoms with E-state index in [0.717, 1.165) is 16.8 Å². The quantitative estimate of drug-likeness (QED) is 0.773. The van der Waals surface area contributed by atoms with Gasteiger partial charge in [-0.05, 0) is 42.0 Å². The van der Waals surface area contributed by atoms with Crippen LogP contribution in [-0.2, 0) is 11.2 Å². The SMILES string of the molecule is Cc1ccc(CC(=O)Nc2ccc(-c3nn[nH]n3)cc2)cc1. The van der Waals surface area contributed by atoms with Gasteiger partial charge in [-0.2, -0.15) is 5.21 Å². The lowest BCUT2D eigenvalue weighted by molar-refractivity contribution is -0.115. The highest BCUT2D eigenvalue weighted by Gasteiger charge is 2.06. The Hall–Kier alpha value is -3.02. The minimum atomic E-state index is -0.0452. The Bertz CT molecular complexity index is 748. The number of benzene rings is 2. The molecular formula is C16H15N5O. The number of anilines is 1. The number of nitrogens with zero attached hydrogens (tertiary/aromatic N) is 3. The Labute approximate surface area is 127 Å². The van der Waals surface area contributed by atoms with Crippen LogP contribution >= 0.6 is 0 Å². The lowest BCUT2D eigenvalue weighted by Gasteiger charge is -2.06. The average Bonchev–Trinajstić information content (AvgIpc) is 3.05. The molecule has 22 heavy (non-hydrogen) atoms. The molecule has 0 aliphatic heterocycles. The molecule has 2 N–H and O–H groups in total. The first-order valence-electron chi connectivity index (χ1n) is 6.90. The van der Waals surface area contributed by atoms with Gasteiger partial charge in [0, 0.05) is 11.3 Å². The van der Waals surface area contributed by atoms with Gasteiger partial charge in [-0.15, -0.1) is 10.2 Å². The summed E-state index contributed by atoms with van der Waals surface area (Å²) in [4.78, 5) is 12.0. The highest BCUT2D eigenvalue weighted by atomic mass is 16.1.